The predicted molar refractivity (Wildman–Crippen MR) is 55.1 cm³/mol. The molecule has 1 aliphatic rings. The lowest BCUT2D eigenvalue weighted by molar-refractivity contribution is -0.122. The summed E-state index contributed by atoms with van der Waals surface area (Å²) < 4.78 is 5.08. The van der Waals surface area contributed by atoms with Gasteiger partial charge in [-0.3, -0.25) is 4.79 Å². The molecule has 0 aliphatic heterocycles. The van der Waals surface area contributed by atoms with E-state index in [1.54, 1.807) is 0 Å². The summed E-state index contributed by atoms with van der Waals surface area (Å²) in [4.78, 5) is 11.2. The molecule has 0 atom stereocenters. The maximum Gasteiger partial charge on any atom is 0.222 e. The molecule has 82 valence electrons. The first-order valence-corrected chi connectivity index (χ1v) is 5.40. The highest BCUT2D eigenvalue weighted by Crippen LogP contribution is 2.17. The fourth-order valence-corrected chi connectivity index (χ4v) is 1.16. The summed E-state index contributed by atoms with van der Waals surface area (Å²) >= 11 is 0. The quantitative estimate of drug-likeness (QED) is 0.553. The van der Waals surface area contributed by atoms with Crippen LogP contribution in [-0.2, 0) is 9.53 Å². The highest BCUT2D eigenvalue weighted by molar-refractivity contribution is 5.75. The van der Waals surface area contributed by atoms with Gasteiger partial charge >= 0.3 is 0 Å². The summed E-state index contributed by atoms with van der Waals surface area (Å²) in [6.45, 7) is 4.73. The van der Waals surface area contributed by atoms with E-state index in [0.717, 1.165) is 19.1 Å². The van der Waals surface area contributed by atoms with Crippen molar-refractivity contribution in [3.63, 3.8) is 0 Å². The fraction of sp³-hybridized carbons (Fsp3) is 0.900. The van der Waals surface area contributed by atoms with Gasteiger partial charge in [0.2, 0.25) is 5.91 Å². The van der Waals surface area contributed by atoms with Crippen molar-refractivity contribution < 1.29 is 9.53 Å². The van der Waals surface area contributed by atoms with E-state index in [0.29, 0.717) is 19.6 Å². The minimum Gasteiger partial charge on any atom is -0.381 e. The second-order valence-corrected chi connectivity index (χ2v) is 3.53. The lowest BCUT2D eigenvalue weighted by Crippen LogP contribution is -2.33. The standard InChI is InChI=1S/C10H20N2O2/c1-2-14-8-5-10(13)12-7-6-11-9-3-4-9/h9,11H,2-8H2,1H3,(H,12,13). The van der Waals surface area contributed by atoms with E-state index in [2.05, 4.69) is 10.6 Å². The van der Waals surface area contributed by atoms with Crippen LogP contribution in [0, 0.1) is 0 Å². The van der Waals surface area contributed by atoms with Crippen LogP contribution in [-0.4, -0.2) is 38.3 Å². The molecule has 0 spiro atoms. The van der Waals surface area contributed by atoms with Crippen molar-refractivity contribution in [2.24, 2.45) is 0 Å². The molecule has 0 radical (unpaired) electrons. The maximum atomic E-state index is 11.2. The number of nitrogens with one attached hydrogen (secondary N) is 2. The average molecular weight is 200 g/mol. The molecule has 2 N–H and O–H groups in total. The van der Waals surface area contributed by atoms with Gasteiger partial charge in [-0.15, -0.1) is 0 Å². The molecule has 1 aliphatic carbocycles. The minimum atomic E-state index is 0.0797. The minimum absolute atomic E-state index is 0.0797. The van der Waals surface area contributed by atoms with Crippen LogP contribution in [0.25, 0.3) is 0 Å². The first kappa shape index (κ1) is 11.5. The number of rotatable bonds is 8. The molecule has 0 aromatic carbocycles. The van der Waals surface area contributed by atoms with Crippen LogP contribution < -0.4 is 10.6 Å². The van der Waals surface area contributed by atoms with Crippen molar-refractivity contribution in [1.29, 1.82) is 0 Å². The van der Waals surface area contributed by atoms with Gasteiger partial charge in [0.05, 0.1) is 6.61 Å². The van der Waals surface area contributed by atoms with Gasteiger partial charge in [-0.25, -0.2) is 0 Å². The number of carbonyl (C=O) groups is 1. The van der Waals surface area contributed by atoms with Crippen molar-refractivity contribution in [2.45, 2.75) is 32.2 Å². The highest BCUT2D eigenvalue weighted by atomic mass is 16.5. The third-order valence-corrected chi connectivity index (χ3v) is 2.14. The summed E-state index contributed by atoms with van der Waals surface area (Å²) in [7, 11) is 0. The molecule has 0 aromatic heterocycles. The van der Waals surface area contributed by atoms with Crippen molar-refractivity contribution >= 4 is 5.91 Å². The third-order valence-electron chi connectivity index (χ3n) is 2.14. The van der Waals surface area contributed by atoms with Crippen LogP contribution in [0.5, 0.6) is 0 Å². The van der Waals surface area contributed by atoms with Crippen LogP contribution in [0.2, 0.25) is 0 Å². The zero-order valence-electron chi connectivity index (χ0n) is 8.84. The van der Waals surface area contributed by atoms with Crippen molar-refractivity contribution in [3.8, 4) is 0 Å². The van der Waals surface area contributed by atoms with Gasteiger partial charge < -0.3 is 15.4 Å². The van der Waals surface area contributed by atoms with Crippen LogP contribution in [0.4, 0.5) is 0 Å². The number of ether oxygens (including phenoxy) is 1. The summed E-state index contributed by atoms with van der Waals surface area (Å²) in [5.41, 5.74) is 0. The van der Waals surface area contributed by atoms with Crippen LogP contribution in [0.15, 0.2) is 0 Å². The number of hydrogen-bond acceptors (Lipinski definition) is 3. The van der Waals surface area contributed by atoms with Gasteiger partial charge in [-0.2, -0.15) is 0 Å². The van der Waals surface area contributed by atoms with Gasteiger partial charge in [-0.1, -0.05) is 0 Å². The largest absolute Gasteiger partial charge is 0.381 e. The average Bonchev–Trinajstić information content (AvgIpc) is 2.97. The van der Waals surface area contributed by atoms with Crippen molar-refractivity contribution in [1.82, 2.24) is 10.6 Å². The number of carbonyl (C=O) groups excluding carboxylic acids is 1. The first-order chi connectivity index (χ1) is 6.83. The molecule has 1 fully saturated rings. The molecule has 0 aromatic rings. The first-order valence-electron chi connectivity index (χ1n) is 5.40. The smallest absolute Gasteiger partial charge is 0.222 e. The molecule has 1 saturated carbocycles. The molecular formula is C10H20N2O2. The van der Waals surface area contributed by atoms with Crippen LogP contribution in [0.1, 0.15) is 26.2 Å². The normalized spacial score (nSPS) is 15.5. The zero-order valence-corrected chi connectivity index (χ0v) is 8.84. The van der Waals surface area contributed by atoms with Crippen molar-refractivity contribution in [3.05, 3.63) is 0 Å². The molecule has 14 heavy (non-hydrogen) atoms. The molecule has 1 rings (SSSR count). The highest BCUT2D eigenvalue weighted by Gasteiger charge is 2.19. The third kappa shape index (κ3) is 5.94. The van der Waals surface area contributed by atoms with Gasteiger partial charge in [0.15, 0.2) is 0 Å². The van der Waals surface area contributed by atoms with Gasteiger partial charge in [0.1, 0.15) is 0 Å². The Labute approximate surface area is 85.4 Å². The van der Waals surface area contributed by atoms with E-state index in [9.17, 15) is 4.79 Å². The molecule has 4 nitrogen and oxygen atoms in total. The Morgan fingerprint density at radius 3 is 2.86 bits per heavy atom. The van der Waals surface area contributed by atoms with Crippen LogP contribution in [0.3, 0.4) is 0 Å². The molecule has 1 amide bonds. The van der Waals surface area contributed by atoms with E-state index in [1.807, 2.05) is 6.92 Å². The molecule has 0 saturated heterocycles. The molecule has 0 bridgehead atoms. The van der Waals surface area contributed by atoms with Crippen LogP contribution >= 0.6 is 0 Å². The summed E-state index contributed by atoms with van der Waals surface area (Å²) in [6, 6.07) is 0.718. The summed E-state index contributed by atoms with van der Waals surface area (Å²) in [5.74, 6) is 0.0797. The van der Waals surface area contributed by atoms with E-state index in [4.69, 9.17) is 4.74 Å². The lowest BCUT2D eigenvalue weighted by atomic mass is 10.4. The fourth-order valence-electron chi connectivity index (χ4n) is 1.16. The monoisotopic (exact) mass is 200 g/mol. The van der Waals surface area contributed by atoms with Gasteiger partial charge in [-0.05, 0) is 19.8 Å². The Morgan fingerprint density at radius 1 is 1.43 bits per heavy atom. The van der Waals surface area contributed by atoms with E-state index in [1.165, 1.54) is 12.8 Å². The lowest BCUT2D eigenvalue weighted by Gasteiger charge is -2.05. The Morgan fingerprint density at radius 2 is 2.21 bits per heavy atom. The summed E-state index contributed by atoms with van der Waals surface area (Å²) in [6.07, 6.45) is 3.05. The van der Waals surface area contributed by atoms with Crippen molar-refractivity contribution in [2.75, 3.05) is 26.3 Å². The Hall–Kier alpha value is -0.610. The zero-order chi connectivity index (χ0) is 10.2. The number of amides is 1. The van der Waals surface area contributed by atoms with E-state index < -0.39 is 0 Å². The van der Waals surface area contributed by atoms with E-state index >= 15 is 0 Å². The van der Waals surface area contributed by atoms with Gasteiger partial charge in [0, 0.05) is 32.2 Å². The second kappa shape index (κ2) is 6.79. The summed E-state index contributed by atoms with van der Waals surface area (Å²) in [5, 5.41) is 6.18. The molecule has 4 heteroatoms. The Bertz CT molecular complexity index is 170. The molecular weight excluding hydrogens is 180 g/mol. The second-order valence-electron chi connectivity index (χ2n) is 3.53. The molecule has 0 heterocycles. The SMILES string of the molecule is CCOCCC(=O)NCCNC1CC1. The Balaban J connectivity index is 1.81. The number of hydrogen-bond donors (Lipinski definition) is 2. The Kier molecular flexibility index (Phi) is 5.56. The molecule has 0 unspecified atom stereocenters. The predicted octanol–water partition coefficient (Wildman–Crippen LogP) is 0.281. The van der Waals surface area contributed by atoms with Gasteiger partial charge in [0.25, 0.3) is 0 Å². The van der Waals surface area contributed by atoms with E-state index in [-0.39, 0.29) is 5.91 Å². The topological polar surface area (TPSA) is 50.4 Å². The maximum absolute atomic E-state index is 11.2.